The van der Waals surface area contributed by atoms with Gasteiger partial charge in [0.25, 0.3) is 0 Å². The highest BCUT2D eigenvalue weighted by molar-refractivity contribution is 7.98. The van der Waals surface area contributed by atoms with Gasteiger partial charge < -0.3 is 19.7 Å². The van der Waals surface area contributed by atoms with Crippen LogP contribution in [0.5, 0.6) is 0 Å². The van der Waals surface area contributed by atoms with E-state index in [1.165, 1.54) is 23.6 Å². The number of thioether (sulfide) groups is 1. The molecule has 1 saturated heterocycles. The molecule has 0 radical (unpaired) electrons. The Hall–Kier alpha value is -4.56. The van der Waals surface area contributed by atoms with E-state index < -0.39 is 24.0 Å². The van der Waals surface area contributed by atoms with Gasteiger partial charge in [0.2, 0.25) is 11.8 Å². The summed E-state index contributed by atoms with van der Waals surface area (Å²) in [5.41, 5.74) is 7.17. The molecule has 0 saturated carbocycles. The Labute approximate surface area is 253 Å². The highest BCUT2D eigenvalue weighted by Gasteiger charge is 2.34. The number of rotatable bonds is 9. The van der Waals surface area contributed by atoms with Crippen LogP contribution in [0, 0.1) is 0 Å². The second-order valence-electron chi connectivity index (χ2n) is 10.8. The van der Waals surface area contributed by atoms with Crippen LogP contribution in [0.2, 0.25) is 0 Å². The van der Waals surface area contributed by atoms with E-state index in [9.17, 15) is 19.5 Å². The first-order valence-corrected chi connectivity index (χ1v) is 15.5. The SMILES string of the molecule is CC(=O)N1CCCC1C(=O)NC(CSCc1ccc(-c2ccc(-c3cccc4c3oc3ccccc34)cc2)cc1)C(=O)O. The van der Waals surface area contributed by atoms with Crippen LogP contribution < -0.4 is 5.32 Å². The van der Waals surface area contributed by atoms with Gasteiger partial charge in [0.05, 0.1) is 0 Å². The lowest BCUT2D eigenvalue weighted by Gasteiger charge is -2.24. The fraction of sp³-hybridized carbons (Fsp3) is 0.229. The number of hydrogen-bond acceptors (Lipinski definition) is 5. The molecule has 8 heteroatoms. The summed E-state index contributed by atoms with van der Waals surface area (Å²) in [6, 6.07) is 29.4. The number of benzene rings is 4. The fourth-order valence-corrected chi connectivity index (χ4v) is 6.77. The zero-order chi connectivity index (χ0) is 29.9. The van der Waals surface area contributed by atoms with Crippen molar-refractivity contribution in [1.82, 2.24) is 10.2 Å². The number of likely N-dealkylation sites (tertiary alicyclic amines) is 1. The Kier molecular flexibility index (Phi) is 8.20. The van der Waals surface area contributed by atoms with E-state index in [4.69, 9.17) is 4.42 Å². The lowest BCUT2D eigenvalue weighted by Crippen LogP contribution is -2.51. The number of nitrogens with zero attached hydrogens (tertiary/aromatic N) is 1. The van der Waals surface area contributed by atoms with E-state index in [1.807, 2.05) is 30.3 Å². The molecule has 0 aliphatic carbocycles. The highest BCUT2D eigenvalue weighted by atomic mass is 32.2. The molecule has 1 aliphatic heterocycles. The molecule has 2 N–H and O–H groups in total. The number of fused-ring (bicyclic) bond motifs is 3. The van der Waals surface area contributed by atoms with Crippen LogP contribution in [0.1, 0.15) is 25.3 Å². The van der Waals surface area contributed by atoms with E-state index in [0.29, 0.717) is 18.7 Å². The summed E-state index contributed by atoms with van der Waals surface area (Å²) < 4.78 is 6.21. The van der Waals surface area contributed by atoms with Crippen molar-refractivity contribution >= 4 is 51.5 Å². The van der Waals surface area contributed by atoms with Crippen molar-refractivity contribution in [3.63, 3.8) is 0 Å². The topological polar surface area (TPSA) is 99.9 Å². The number of amides is 2. The molecule has 0 spiro atoms. The molecule has 218 valence electrons. The van der Waals surface area contributed by atoms with Crippen molar-refractivity contribution in [3.8, 4) is 22.3 Å². The molecule has 4 aromatic carbocycles. The monoisotopic (exact) mass is 592 g/mol. The summed E-state index contributed by atoms with van der Waals surface area (Å²) in [6.45, 7) is 1.96. The number of furan rings is 1. The minimum Gasteiger partial charge on any atom is -0.480 e. The van der Waals surface area contributed by atoms with Crippen LogP contribution in [-0.4, -0.2) is 52.2 Å². The first-order valence-electron chi connectivity index (χ1n) is 14.4. The Morgan fingerprint density at radius 3 is 2.30 bits per heavy atom. The zero-order valence-corrected chi connectivity index (χ0v) is 24.6. The van der Waals surface area contributed by atoms with Gasteiger partial charge in [-0.2, -0.15) is 11.8 Å². The first-order chi connectivity index (χ1) is 20.9. The third-order valence-corrected chi connectivity index (χ3v) is 9.12. The van der Waals surface area contributed by atoms with Crippen LogP contribution in [-0.2, 0) is 20.1 Å². The molecule has 1 fully saturated rings. The zero-order valence-electron chi connectivity index (χ0n) is 23.8. The van der Waals surface area contributed by atoms with Crippen molar-refractivity contribution in [2.75, 3.05) is 12.3 Å². The molecule has 2 atom stereocenters. The molecule has 1 aromatic heterocycles. The molecule has 2 unspecified atom stereocenters. The summed E-state index contributed by atoms with van der Waals surface area (Å²) in [6.07, 6.45) is 1.29. The van der Waals surface area contributed by atoms with Gasteiger partial charge in [-0.05, 0) is 41.2 Å². The Morgan fingerprint density at radius 2 is 1.58 bits per heavy atom. The minimum atomic E-state index is -1.08. The quantitative estimate of drug-likeness (QED) is 0.197. The van der Waals surface area contributed by atoms with E-state index in [-0.39, 0.29) is 11.7 Å². The fourth-order valence-electron chi connectivity index (χ4n) is 5.76. The molecule has 7 nitrogen and oxygen atoms in total. The van der Waals surface area contributed by atoms with Gasteiger partial charge in [0.1, 0.15) is 23.2 Å². The number of carboxylic acids is 1. The molecular formula is C35H32N2O5S. The molecule has 2 amide bonds. The maximum Gasteiger partial charge on any atom is 0.327 e. The van der Waals surface area contributed by atoms with Gasteiger partial charge in [-0.3, -0.25) is 9.59 Å². The number of nitrogens with one attached hydrogen (secondary N) is 1. The number of carbonyl (C=O) groups excluding carboxylic acids is 2. The average Bonchev–Trinajstić information content (AvgIpc) is 3.67. The van der Waals surface area contributed by atoms with Gasteiger partial charge in [-0.15, -0.1) is 0 Å². The summed E-state index contributed by atoms with van der Waals surface area (Å²) in [4.78, 5) is 37.8. The number of hydrogen-bond donors (Lipinski definition) is 2. The Morgan fingerprint density at radius 1 is 0.907 bits per heavy atom. The normalized spacial score (nSPS) is 15.6. The average molecular weight is 593 g/mol. The van der Waals surface area contributed by atoms with Gasteiger partial charge >= 0.3 is 5.97 Å². The van der Waals surface area contributed by atoms with Crippen LogP contribution in [0.25, 0.3) is 44.2 Å². The van der Waals surface area contributed by atoms with Crippen LogP contribution >= 0.6 is 11.8 Å². The molecule has 0 bridgehead atoms. The van der Waals surface area contributed by atoms with Crippen molar-refractivity contribution in [3.05, 3.63) is 96.6 Å². The molecule has 6 rings (SSSR count). The van der Waals surface area contributed by atoms with Crippen LogP contribution in [0.4, 0.5) is 0 Å². The van der Waals surface area contributed by atoms with Gasteiger partial charge in [-0.25, -0.2) is 4.79 Å². The number of carbonyl (C=O) groups is 3. The number of aliphatic carboxylic acids is 1. The van der Waals surface area contributed by atoms with Crippen LogP contribution in [0.3, 0.4) is 0 Å². The van der Waals surface area contributed by atoms with E-state index in [2.05, 4.69) is 66.0 Å². The molecule has 1 aliphatic rings. The minimum absolute atomic E-state index is 0.168. The third kappa shape index (κ3) is 6.01. The largest absolute Gasteiger partial charge is 0.480 e. The molecule has 5 aromatic rings. The lowest BCUT2D eigenvalue weighted by molar-refractivity contribution is -0.142. The first kappa shape index (κ1) is 28.6. The van der Waals surface area contributed by atoms with Gasteiger partial charge in [-0.1, -0.05) is 84.9 Å². The van der Waals surface area contributed by atoms with E-state index in [1.54, 1.807) is 0 Å². The van der Waals surface area contributed by atoms with Crippen molar-refractivity contribution in [1.29, 1.82) is 0 Å². The smallest absolute Gasteiger partial charge is 0.327 e. The number of carboxylic acid groups (broad SMARTS) is 1. The maximum absolute atomic E-state index is 12.7. The summed E-state index contributed by atoms with van der Waals surface area (Å²) >= 11 is 1.45. The Balaban J connectivity index is 1.07. The predicted octanol–water partition coefficient (Wildman–Crippen LogP) is 6.73. The standard InChI is InChI=1S/C35H32N2O5S/c1-22(38)37-19-5-9-31(37)34(39)36-30(35(40)41)21-43-20-23-11-13-24(14-12-23)25-15-17-26(18-16-25)27-7-4-8-29-28-6-2-3-10-32(28)42-33(27)29/h2-4,6-8,10-18,30-31H,5,9,19-21H2,1H3,(H,36,39)(H,40,41). The van der Waals surface area contributed by atoms with Crippen molar-refractivity contribution in [2.24, 2.45) is 0 Å². The summed E-state index contributed by atoms with van der Waals surface area (Å²) in [5, 5.41) is 14.5. The lowest BCUT2D eigenvalue weighted by atomic mass is 9.98. The Bertz CT molecular complexity index is 1800. The summed E-state index contributed by atoms with van der Waals surface area (Å²) in [5.74, 6) is -0.800. The summed E-state index contributed by atoms with van der Waals surface area (Å²) in [7, 11) is 0. The maximum atomic E-state index is 12.7. The highest BCUT2D eigenvalue weighted by Crippen LogP contribution is 2.36. The van der Waals surface area contributed by atoms with E-state index >= 15 is 0 Å². The molecule has 2 heterocycles. The van der Waals surface area contributed by atoms with Gasteiger partial charge in [0.15, 0.2) is 0 Å². The molecule has 43 heavy (non-hydrogen) atoms. The van der Waals surface area contributed by atoms with Gasteiger partial charge in [0, 0.05) is 41.3 Å². The van der Waals surface area contributed by atoms with E-state index in [0.717, 1.165) is 56.2 Å². The second-order valence-corrected chi connectivity index (χ2v) is 11.9. The predicted molar refractivity (Wildman–Crippen MR) is 171 cm³/mol. The second kappa shape index (κ2) is 12.4. The number of para-hydroxylation sites is 2. The van der Waals surface area contributed by atoms with Crippen molar-refractivity contribution < 1.29 is 23.9 Å². The molecular weight excluding hydrogens is 560 g/mol. The van der Waals surface area contributed by atoms with Crippen molar-refractivity contribution in [2.45, 2.75) is 37.6 Å². The third-order valence-electron chi connectivity index (χ3n) is 8.02. The van der Waals surface area contributed by atoms with Crippen LogP contribution in [0.15, 0.2) is 95.4 Å².